The molecule has 1 aromatic heterocycles. The summed E-state index contributed by atoms with van der Waals surface area (Å²) in [5.41, 5.74) is 3.39. The molecule has 1 heterocycles. The SMILES string of the molecule is Cc1ccccc1C(=O)Nc1[nH]cc(-c2ccccc2)c1C(=O)OC1C(C)CC(C)CC1C. The van der Waals surface area contributed by atoms with Crippen LogP contribution in [0.1, 0.15) is 59.9 Å². The van der Waals surface area contributed by atoms with Crippen molar-refractivity contribution in [2.24, 2.45) is 17.8 Å². The Morgan fingerprint density at radius 3 is 2.24 bits per heavy atom. The van der Waals surface area contributed by atoms with Gasteiger partial charge in [0.2, 0.25) is 0 Å². The predicted octanol–water partition coefficient (Wildman–Crippen LogP) is 6.47. The summed E-state index contributed by atoms with van der Waals surface area (Å²) in [4.78, 5) is 29.7. The highest BCUT2D eigenvalue weighted by molar-refractivity contribution is 6.10. The van der Waals surface area contributed by atoms with Gasteiger partial charge in [0.05, 0.1) is 0 Å². The molecule has 2 unspecified atom stereocenters. The van der Waals surface area contributed by atoms with E-state index >= 15 is 0 Å². The highest BCUT2D eigenvalue weighted by Crippen LogP contribution is 2.37. The normalized spacial score (nSPS) is 22.5. The minimum absolute atomic E-state index is 0.146. The number of hydrogen-bond donors (Lipinski definition) is 2. The summed E-state index contributed by atoms with van der Waals surface area (Å²) in [6, 6.07) is 17.1. The summed E-state index contributed by atoms with van der Waals surface area (Å²) >= 11 is 0. The lowest BCUT2D eigenvalue weighted by Gasteiger charge is -2.37. The first-order valence-electron chi connectivity index (χ1n) is 11.7. The first kappa shape index (κ1) is 22.8. The Bertz CT molecular complexity index is 1120. The lowest BCUT2D eigenvalue weighted by molar-refractivity contribution is -0.0250. The monoisotopic (exact) mass is 444 g/mol. The second-order valence-electron chi connectivity index (χ2n) is 9.49. The third-order valence-corrected chi connectivity index (χ3v) is 6.71. The highest BCUT2D eigenvalue weighted by atomic mass is 16.5. The molecule has 1 aliphatic carbocycles. The molecule has 2 atom stereocenters. The lowest BCUT2D eigenvalue weighted by atomic mass is 9.75. The Hall–Kier alpha value is -3.34. The number of nitrogens with one attached hydrogen (secondary N) is 2. The molecule has 2 aromatic carbocycles. The van der Waals surface area contributed by atoms with Gasteiger partial charge in [0.25, 0.3) is 5.91 Å². The van der Waals surface area contributed by atoms with E-state index in [1.165, 1.54) is 0 Å². The van der Waals surface area contributed by atoms with E-state index in [0.717, 1.165) is 24.0 Å². The van der Waals surface area contributed by atoms with Crippen LogP contribution in [0.25, 0.3) is 11.1 Å². The largest absolute Gasteiger partial charge is 0.458 e. The smallest absolute Gasteiger partial charge is 0.342 e. The number of carbonyl (C=O) groups is 2. The molecule has 0 radical (unpaired) electrons. The van der Waals surface area contributed by atoms with Gasteiger partial charge in [-0.25, -0.2) is 4.79 Å². The van der Waals surface area contributed by atoms with Crippen molar-refractivity contribution in [2.45, 2.75) is 46.6 Å². The van der Waals surface area contributed by atoms with Crippen LogP contribution in [0.4, 0.5) is 5.82 Å². The minimum atomic E-state index is -0.409. The zero-order valence-corrected chi connectivity index (χ0v) is 19.7. The molecule has 0 bridgehead atoms. The van der Waals surface area contributed by atoms with E-state index in [-0.39, 0.29) is 23.8 Å². The Balaban J connectivity index is 1.67. The van der Waals surface area contributed by atoms with E-state index in [0.29, 0.717) is 28.4 Å². The third kappa shape index (κ3) is 4.87. The topological polar surface area (TPSA) is 71.2 Å². The van der Waals surface area contributed by atoms with E-state index in [1.54, 1.807) is 12.3 Å². The van der Waals surface area contributed by atoms with Crippen molar-refractivity contribution in [3.05, 3.63) is 77.5 Å². The van der Waals surface area contributed by atoms with E-state index in [1.807, 2.05) is 55.5 Å². The highest BCUT2D eigenvalue weighted by Gasteiger charge is 2.35. The molecule has 1 amide bonds. The molecule has 4 rings (SSSR count). The van der Waals surface area contributed by atoms with E-state index in [9.17, 15) is 9.59 Å². The zero-order valence-electron chi connectivity index (χ0n) is 19.7. The van der Waals surface area contributed by atoms with Gasteiger partial charge < -0.3 is 15.0 Å². The lowest BCUT2D eigenvalue weighted by Crippen LogP contribution is -2.37. The van der Waals surface area contributed by atoms with Crippen LogP contribution in [0.2, 0.25) is 0 Å². The molecule has 33 heavy (non-hydrogen) atoms. The number of aromatic amines is 1. The van der Waals surface area contributed by atoms with Crippen molar-refractivity contribution in [2.75, 3.05) is 5.32 Å². The van der Waals surface area contributed by atoms with Crippen molar-refractivity contribution >= 4 is 17.7 Å². The maximum Gasteiger partial charge on any atom is 0.342 e. The summed E-state index contributed by atoms with van der Waals surface area (Å²) in [6.07, 6.45) is 3.69. The maximum atomic E-state index is 13.6. The van der Waals surface area contributed by atoms with Crippen molar-refractivity contribution in [1.82, 2.24) is 4.98 Å². The Morgan fingerprint density at radius 1 is 0.939 bits per heavy atom. The fourth-order valence-electron chi connectivity index (χ4n) is 5.20. The molecular weight excluding hydrogens is 412 g/mol. The van der Waals surface area contributed by atoms with Crippen LogP contribution in [0.3, 0.4) is 0 Å². The van der Waals surface area contributed by atoms with Gasteiger partial charge >= 0.3 is 5.97 Å². The van der Waals surface area contributed by atoms with E-state index < -0.39 is 5.97 Å². The van der Waals surface area contributed by atoms with Gasteiger partial charge in [-0.3, -0.25) is 4.79 Å². The summed E-state index contributed by atoms with van der Waals surface area (Å²) in [5, 5.41) is 2.91. The maximum absolute atomic E-state index is 13.6. The van der Waals surface area contributed by atoms with Crippen molar-refractivity contribution < 1.29 is 14.3 Å². The van der Waals surface area contributed by atoms with Crippen LogP contribution >= 0.6 is 0 Å². The second kappa shape index (κ2) is 9.65. The van der Waals surface area contributed by atoms with Crippen molar-refractivity contribution in [1.29, 1.82) is 0 Å². The molecule has 1 aliphatic rings. The van der Waals surface area contributed by atoms with Crippen LogP contribution in [0, 0.1) is 24.7 Å². The number of H-pyrrole nitrogens is 1. The number of esters is 1. The molecule has 172 valence electrons. The molecule has 3 aromatic rings. The third-order valence-electron chi connectivity index (χ3n) is 6.71. The van der Waals surface area contributed by atoms with Gasteiger partial charge in [-0.05, 0) is 54.7 Å². The number of aromatic nitrogens is 1. The molecule has 0 saturated heterocycles. The number of hydrogen-bond acceptors (Lipinski definition) is 3. The summed E-state index contributed by atoms with van der Waals surface area (Å²) in [6.45, 7) is 8.45. The van der Waals surface area contributed by atoms with Crippen molar-refractivity contribution in [3.8, 4) is 11.1 Å². The fourth-order valence-corrected chi connectivity index (χ4v) is 5.20. The van der Waals surface area contributed by atoms with Gasteiger partial charge in [-0.2, -0.15) is 0 Å². The molecular formula is C28H32N2O3. The number of amides is 1. The van der Waals surface area contributed by atoms with Gasteiger partial charge in [-0.1, -0.05) is 69.3 Å². The molecule has 5 nitrogen and oxygen atoms in total. The summed E-state index contributed by atoms with van der Waals surface area (Å²) < 4.78 is 6.11. The number of carbonyl (C=O) groups excluding carboxylic acids is 2. The zero-order chi connectivity index (χ0) is 23.5. The average Bonchev–Trinajstić information content (AvgIpc) is 3.20. The van der Waals surface area contributed by atoms with Crippen molar-refractivity contribution in [3.63, 3.8) is 0 Å². The van der Waals surface area contributed by atoms with Crippen LogP contribution in [0.5, 0.6) is 0 Å². The van der Waals surface area contributed by atoms with Crippen LogP contribution < -0.4 is 5.32 Å². The molecule has 1 saturated carbocycles. The minimum Gasteiger partial charge on any atom is -0.458 e. The fraction of sp³-hybridized carbons (Fsp3) is 0.357. The van der Waals surface area contributed by atoms with E-state index in [4.69, 9.17) is 4.74 Å². The quantitative estimate of drug-likeness (QED) is 0.443. The second-order valence-corrected chi connectivity index (χ2v) is 9.49. The van der Waals surface area contributed by atoms with Gasteiger partial charge in [0.15, 0.2) is 0 Å². The van der Waals surface area contributed by atoms with Gasteiger partial charge in [0.1, 0.15) is 17.5 Å². The number of benzene rings is 2. The molecule has 1 fully saturated rings. The summed E-state index contributed by atoms with van der Waals surface area (Å²) in [7, 11) is 0. The number of aryl methyl sites for hydroxylation is 1. The van der Waals surface area contributed by atoms with Gasteiger partial charge in [0, 0.05) is 17.3 Å². The number of anilines is 1. The number of ether oxygens (including phenoxy) is 1. The van der Waals surface area contributed by atoms with Crippen LogP contribution in [0.15, 0.2) is 60.8 Å². The molecule has 2 N–H and O–H groups in total. The first-order valence-corrected chi connectivity index (χ1v) is 11.7. The van der Waals surface area contributed by atoms with Crippen LogP contribution in [-0.2, 0) is 4.74 Å². The first-order chi connectivity index (χ1) is 15.8. The predicted molar refractivity (Wildman–Crippen MR) is 131 cm³/mol. The number of rotatable bonds is 5. The Labute approximate surface area is 195 Å². The van der Waals surface area contributed by atoms with Crippen LogP contribution in [-0.4, -0.2) is 23.0 Å². The Kier molecular flexibility index (Phi) is 6.68. The Morgan fingerprint density at radius 2 is 1.58 bits per heavy atom. The molecule has 0 spiro atoms. The standard InChI is InChI=1S/C28H32N2O3/c1-17-14-19(3)25(20(4)15-17)33-28(32)24-23(21-11-6-5-7-12-21)16-29-26(24)30-27(31)22-13-9-8-10-18(22)2/h5-13,16-17,19-20,25,29H,14-15H2,1-4H3,(H,30,31). The molecule has 0 aliphatic heterocycles. The summed E-state index contributed by atoms with van der Waals surface area (Å²) in [5.74, 6) is 0.886. The van der Waals surface area contributed by atoms with E-state index in [2.05, 4.69) is 31.1 Å². The average molecular weight is 445 g/mol. The molecule has 5 heteroatoms. The van der Waals surface area contributed by atoms with Gasteiger partial charge in [-0.15, -0.1) is 0 Å².